The van der Waals surface area contributed by atoms with Crippen LogP contribution in [0.15, 0.2) is 57.0 Å². The molecule has 0 saturated carbocycles. The monoisotopic (exact) mass is 375 g/mol. The van der Waals surface area contributed by atoms with E-state index in [-0.39, 0.29) is 21.9 Å². The Morgan fingerprint density at radius 2 is 1.92 bits per heavy atom. The zero-order valence-corrected chi connectivity index (χ0v) is 14.4. The first kappa shape index (κ1) is 17.1. The third-order valence-electron chi connectivity index (χ3n) is 3.41. The maximum atomic E-state index is 12.2. The predicted molar refractivity (Wildman–Crippen MR) is 96.4 cm³/mol. The number of amides is 1. The van der Waals surface area contributed by atoms with Gasteiger partial charge >= 0.3 is 5.63 Å². The van der Waals surface area contributed by atoms with Crippen LogP contribution in [0.25, 0.3) is 11.0 Å². The minimum Gasteiger partial charge on any atom is -0.421 e. The number of carbonyl (C=O) groups is 1. The molecule has 0 spiro atoms. The Morgan fingerprint density at radius 3 is 2.64 bits per heavy atom. The highest BCUT2D eigenvalue weighted by Crippen LogP contribution is 2.27. The summed E-state index contributed by atoms with van der Waals surface area (Å²) in [6.07, 6.45) is 2.99. The summed E-state index contributed by atoms with van der Waals surface area (Å²) in [6, 6.07) is 7.78. The smallest absolute Gasteiger partial charge is 0.345 e. The number of hydrogen-bond donors (Lipinski definition) is 1. The van der Waals surface area contributed by atoms with Crippen molar-refractivity contribution in [3.8, 4) is 0 Å². The fourth-order valence-corrected chi connectivity index (χ4v) is 2.72. The lowest BCUT2D eigenvalue weighted by molar-refractivity contribution is 0.0954. The van der Waals surface area contributed by atoms with Crippen molar-refractivity contribution in [2.45, 2.75) is 6.92 Å². The van der Waals surface area contributed by atoms with Crippen LogP contribution < -0.4 is 11.1 Å². The van der Waals surface area contributed by atoms with Gasteiger partial charge in [0.15, 0.2) is 5.58 Å². The van der Waals surface area contributed by atoms with Gasteiger partial charge in [0.2, 0.25) is 0 Å². The van der Waals surface area contributed by atoms with E-state index >= 15 is 0 Å². The van der Waals surface area contributed by atoms with Crippen LogP contribution in [-0.4, -0.2) is 16.6 Å². The molecule has 1 amide bonds. The van der Waals surface area contributed by atoms with E-state index in [1.165, 1.54) is 18.5 Å². The highest BCUT2D eigenvalue weighted by atomic mass is 35.5. The lowest BCUT2D eigenvalue weighted by atomic mass is 10.1. The number of nitrogens with zero attached hydrogens (tertiary/aromatic N) is 2. The summed E-state index contributed by atoms with van der Waals surface area (Å²) >= 11 is 12.0. The molecule has 2 aromatic heterocycles. The molecule has 1 N–H and O–H groups in total. The van der Waals surface area contributed by atoms with Gasteiger partial charge in [0.05, 0.1) is 16.3 Å². The Morgan fingerprint density at radius 1 is 1.20 bits per heavy atom. The van der Waals surface area contributed by atoms with Gasteiger partial charge in [0, 0.05) is 28.4 Å². The molecule has 1 aromatic carbocycles. The number of pyridine rings is 1. The number of benzene rings is 1. The fourth-order valence-electron chi connectivity index (χ4n) is 2.17. The Balaban J connectivity index is 1.94. The Kier molecular flexibility index (Phi) is 4.83. The first-order chi connectivity index (χ1) is 12.0. The SMILES string of the molecule is C/C(=N/NC(=O)c1ccncc1)c1cc2cc(Cl)cc(Cl)c2oc1=O. The van der Waals surface area contributed by atoms with Gasteiger partial charge in [-0.05, 0) is 37.3 Å². The highest BCUT2D eigenvalue weighted by molar-refractivity contribution is 6.38. The van der Waals surface area contributed by atoms with E-state index in [1.54, 1.807) is 31.2 Å². The van der Waals surface area contributed by atoms with Crippen molar-refractivity contribution in [2.24, 2.45) is 5.10 Å². The van der Waals surface area contributed by atoms with Crippen molar-refractivity contribution in [3.05, 3.63) is 74.3 Å². The second kappa shape index (κ2) is 7.04. The van der Waals surface area contributed by atoms with Crippen molar-refractivity contribution in [1.82, 2.24) is 10.4 Å². The summed E-state index contributed by atoms with van der Waals surface area (Å²) in [7, 11) is 0. The first-order valence-electron chi connectivity index (χ1n) is 7.13. The second-order valence-electron chi connectivity index (χ2n) is 5.13. The Labute approximate surface area is 152 Å². The maximum absolute atomic E-state index is 12.2. The summed E-state index contributed by atoms with van der Waals surface area (Å²) in [5.74, 6) is -0.419. The van der Waals surface area contributed by atoms with Crippen LogP contribution in [0.5, 0.6) is 0 Å². The van der Waals surface area contributed by atoms with E-state index in [0.29, 0.717) is 16.0 Å². The van der Waals surface area contributed by atoms with E-state index in [0.717, 1.165) is 0 Å². The summed E-state index contributed by atoms with van der Waals surface area (Å²) in [5, 5.41) is 5.17. The third-order valence-corrected chi connectivity index (χ3v) is 3.91. The molecule has 0 aliphatic rings. The van der Waals surface area contributed by atoms with Crippen LogP contribution >= 0.6 is 23.2 Å². The molecule has 0 radical (unpaired) electrons. The van der Waals surface area contributed by atoms with E-state index < -0.39 is 11.5 Å². The van der Waals surface area contributed by atoms with Crippen LogP contribution in [0.4, 0.5) is 0 Å². The second-order valence-corrected chi connectivity index (χ2v) is 5.97. The quantitative estimate of drug-likeness (QED) is 0.430. The lowest BCUT2D eigenvalue weighted by Gasteiger charge is -2.05. The van der Waals surface area contributed by atoms with Gasteiger partial charge in [-0.1, -0.05) is 23.2 Å². The van der Waals surface area contributed by atoms with Crippen molar-refractivity contribution in [1.29, 1.82) is 0 Å². The van der Waals surface area contributed by atoms with Crippen LogP contribution in [0, 0.1) is 0 Å². The summed E-state index contributed by atoms with van der Waals surface area (Å²) in [5.41, 5.74) is 2.89. The normalized spacial score (nSPS) is 11.6. The van der Waals surface area contributed by atoms with E-state index in [9.17, 15) is 9.59 Å². The zero-order chi connectivity index (χ0) is 18.0. The first-order valence-corrected chi connectivity index (χ1v) is 7.89. The molecule has 3 rings (SSSR count). The van der Waals surface area contributed by atoms with Gasteiger partial charge in [0.25, 0.3) is 5.91 Å². The van der Waals surface area contributed by atoms with Gasteiger partial charge in [-0.25, -0.2) is 10.2 Å². The third kappa shape index (κ3) is 3.70. The molecular formula is C17H11Cl2N3O3. The number of nitrogens with one attached hydrogen (secondary N) is 1. The molecule has 8 heteroatoms. The molecule has 0 fully saturated rings. The Hall–Kier alpha value is -2.70. The van der Waals surface area contributed by atoms with Crippen LogP contribution in [-0.2, 0) is 0 Å². The van der Waals surface area contributed by atoms with Crippen LogP contribution in [0.2, 0.25) is 10.0 Å². The van der Waals surface area contributed by atoms with Crippen molar-refractivity contribution in [2.75, 3.05) is 0 Å². The molecular weight excluding hydrogens is 365 g/mol. The molecule has 0 atom stereocenters. The standard InChI is InChI=1S/C17H11Cl2N3O3/c1-9(21-22-16(23)10-2-4-20-5-3-10)13-7-11-6-12(18)8-14(19)15(11)25-17(13)24/h2-8H,1H3,(H,22,23)/b21-9-. The van der Waals surface area contributed by atoms with Crippen molar-refractivity contribution < 1.29 is 9.21 Å². The van der Waals surface area contributed by atoms with Crippen molar-refractivity contribution in [3.63, 3.8) is 0 Å². The predicted octanol–water partition coefficient (Wildman–Crippen LogP) is 3.65. The number of fused-ring (bicyclic) bond motifs is 1. The summed E-state index contributed by atoms with van der Waals surface area (Å²) in [4.78, 5) is 28.0. The van der Waals surface area contributed by atoms with Gasteiger partial charge in [-0.3, -0.25) is 9.78 Å². The number of hydrazone groups is 1. The number of aromatic nitrogens is 1. The topological polar surface area (TPSA) is 84.6 Å². The summed E-state index contributed by atoms with van der Waals surface area (Å²) < 4.78 is 5.24. The lowest BCUT2D eigenvalue weighted by Crippen LogP contribution is -2.21. The van der Waals surface area contributed by atoms with Gasteiger partial charge in [-0.2, -0.15) is 5.10 Å². The highest BCUT2D eigenvalue weighted by Gasteiger charge is 2.12. The molecule has 2 heterocycles. The molecule has 25 heavy (non-hydrogen) atoms. The minimum absolute atomic E-state index is 0.195. The van der Waals surface area contributed by atoms with Crippen LogP contribution in [0.3, 0.4) is 0 Å². The molecule has 0 saturated heterocycles. The van der Waals surface area contributed by atoms with E-state index in [2.05, 4.69) is 15.5 Å². The number of carbonyl (C=O) groups excluding carboxylic acids is 1. The van der Waals surface area contributed by atoms with Gasteiger partial charge < -0.3 is 4.42 Å². The average Bonchev–Trinajstić information content (AvgIpc) is 2.60. The van der Waals surface area contributed by atoms with Gasteiger partial charge in [0.1, 0.15) is 0 Å². The number of rotatable bonds is 3. The fraction of sp³-hybridized carbons (Fsp3) is 0.0588. The maximum Gasteiger partial charge on any atom is 0.345 e. The molecule has 0 aliphatic heterocycles. The Bertz CT molecular complexity index is 1050. The van der Waals surface area contributed by atoms with E-state index in [4.69, 9.17) is 27.6 Å². The zero-order valence-electron chi connectivity index (χ0n) is 12.9. The summed E-state index contributed by atoms with van der Waals surface area (Å²) in [6.45, 7) is 1.58. The average molecular weight is 376 g/mol. The van der Waals surface area contributed by atoms with E-state index in [1.807, 2.05) is 0 Å². The van der Waals surface area contributed by atoms with Gasteiger partial charge in [-0.15, -0.1) is 0 Å². The molecule has 3 aromatic rings. The largest absolute Gasteiger partial charge is 0.421 e. The molecule has 0 unspecified atom stereocenters. The van der Waals surface area contributed by atoms with Crippen LogP contribution in [0.1, 0.15) is 22.8 Å². The molecule has 126 valence electrons. The van der Waals surface area contributed by atoms with Crippen molar-refractivity contribution >= 4 is 45.8 Å². The number of hydrogen-bond acceptors (Lipinski definition) is 5. The minimum atomic E-state index is -0.615. The molecule has 6 nitrogen and oxygen atoms in total. The molecule has 0 aliphatic carbocycles. The molecule has 0 bridgehead atoms. The number of halogens is 2.